The van der Waals surface area contributed by atoms with E-state index in [1.807, 2.05) is 30.5 Å². The van der Waals surface area contributed by atoms with E-state index in [0.717, 1.165) is 5.56 Å². The minimum Gasteiger partial charge on any atom is -0.211 e. The Hall–Kier alpha value is -1.30. The van der Waals surface area contributed by atoms with Gasteiger partial charge in [0.15, 0.2) is 0 Å². The second-order valence-electron chi connectivity index (χ2n) is 4.31. The molecule has 0 spiro atoms. The smallest absolute Gasteiger partial charge is 0.211 e. The predicted molar refractivity (Wildman–Crippen MR) is 83.6 cm³/mol. The lowest BCUT2D eigenvalue weighted by atomic mass is 10.2. The van der Waals surface area contributed by atoms with Crippen LogP contribution in [0.3, 0.4) is 0 Å². The Bertz CT molecular complexity index is 637. The van der Waals surface area contributed by atoms with Crippen LogP contribution in [0, 0.1) is 0 Å². The van der Waals surface area contributed by atoms with Gasteiger partial charge in [0.25, 0.3) is 0 Å². The van der Waals surface area contributed by atoms with Crippen molar-refractivity contribution in [3.63, 3.8) is 0 Å². The highest BCUT2D eigenvalue weighted by Crippen LogP contribution is 2.15. The van der Waals surface area contributed by atoms with Gasteiger partial charge >= 0.3 is 0 Å². The molecular formula is C15H17NO2S2. The van der Waals surface area contributed by atoms with E-state index in [9.17, 15) is 8.42 Å². The summed E-state index contributed by atoms with van der Waals surface area (Å²) >= 11 is 1.69. The zero-order chi connectivity index (χ0) is 14.4. The molecule has 5 heteroatoms. The Morgan fingerprint density at radius 3 is 2.25 bits per heavy atom. The predicted octanol–water partition coefficient (Wildman–Crippen LogP) is 2.93. The van der Waals surface area contributed by atoms with Crippen LogP contribution >= 0.6 is 11.8 Å². The number of benzene rings is 2. The van der Waals surface area contributed by atoms with Gasteiger partial charge in [-0.3, -0.25) is 0 Å². The average Bonchev–Trinajstić information content (AvgIpc) is 2.49. The monoisotopic (exact) mass is 307 g/mol. The van der Waals surface area contributed by atoms with Crippen molar-refractivity contribution in [2.75, 3.05) is 12.8 Å². The molecule has 0 radical (unpaired) electrons. The Balaban J connectivity index is 1.92. The minimum atomic E-state index is -3.40. The summed E-state index contributed by atoms with van der Waals surface area (Å²) in [4.78, 5) is 1.51. The van der Waals surface area contributed by atoms with Crippen molar-refractivity contribution in [2.24, 2.45) is 0 Å². The molecule has 20 heavy (non-hydrogen) atoms. The number of sulfonamides is 1. The molecule has 0 unspecified atom stereocenters. The number of rotatable bonds is 6. The lowest BCUT2D eigenvalue weighted by Crippen LogP contribution is -2.25. The van der Waals surface area contributed by atoms with Gasteiger partial charge in [0.05, 0.1) is 4.90 Å². The van der Waals surface area contributed by atoms with Crippen LogP contribution in [-0.4, -0.2) is 21.2 Å². The molecule has 0 aliphatic carbocycles. The molecule has 0 atom stereocenters. The van der Waals surface area contributed by atoms with Crippen molar-refractivity contribution in [1.29, 1.82) is 0 Å². The van der Waals surface area contributed by atoms with Crippen LogP contribution in [0.4, 0.5) is 0 Å². The van der Waals surface area contributed by atoms with E-state index in [1.54, 1.807) is 42.1 Å². The van der Waals surface area contributed by atoms with E-state index < -0.39 is 10.0 Å². The molecule has 3 nitrogen and oxygen atoms in total. The Morgan fingerprint density at radius 1 is 1.00 bits per heavy atom. The van der Waals surface area contributed by atoms with Crippen LogP contribution in [0.15, 0.2) is 64.4 Å². The summed E-state index contributed by atoms with van der Waals surface area (Å²) in [5.41, 5.74) is 1.12. The summed E-state index contributed by atoms with van der Waals surface area (Å²) in [5.74, 6) is 0. The van der Waals surface area contributed by atoms with Crippen molar-refractivity contribution in [2.45, 2.75) is 16.2 Å². The van der Waals surface area contributed by atoms with E-state index in [0.29, 0.717) is 17.9 Å². The van der Waals surface area contributed by atoms with Gasteiger partial charge in [0.1, 0.15) is 0 Å². The highest BCUT2D eigenvalue weighted by molar-refractivity contribution is 7.98. The minimum absolute atomic E-state index is 0.303. The molecule has 0 bridgehead atoms. The lowest BCUT2D eigenvalue weighted by molar-refractivity contribution is 0.581. The van der Waals surface area contributed by atoms with Crippen molar-refractivity contribution >= 4 is 21.8 Å². The third kappa shape index (κ3) is 4.10. The zero-order valence-corrected chi connectivity index (χ0v) is 12.9. The maximum atomic E-state index is 12.0. The van der Waals surface area contributed by atoms with Gasteiger partial charge in [0.2, 0.25) is 10.0 Å². The first-order chi connectivity index (χ1) is 9.62. The summed E-state index contributed by atoms with van der Waals surface area (Å²) in [6, 6.07) is 16.6. The Kier molecular flexibility index (Phi) is 5.23. The fraction of sp³-hybridized carbons (Fsp3) is 0.200. The fourth-order valence-corrected chi connectivity index (χ4v) is 3.27. The quantitative estimate of drug-likeness (QED) is 0.835. The summed E-state index contributed by atoms with van der Waals surface area (Å²) in [5, 5.41) is 0. The molecule has 2 rings (SSSR count). The van der Waals surface area contributed by atoms with E-state index in [1.165, 1.54) is 4.90 Å². The molecule has 1 N–H and O–H groups in total. The summed E-state index contributed by atoms with van der Waals surface area (Å²) < 4.78 is 26.6. The standard InChI is InChI=1S/C15H17NO2S2/c1-19-14-9-7-13(8-10-14)11-12-16-20(17,18)15-5-3-2-4-6-15/h2-10,16H,11-12H2,1H3. The van der Waals surface area contributed by atoms with Gasteiger partial charge in [-0.25, -0.2) is 13.1 Å². The van der Waals surface area contributed by atoms with Gasteiger partial charge in [-0.2, -0.15) is 0 Å². The van der Waals surface area contributed by atoms with E-state index >= 15 is 0 Å². The molecule has 0 amide bonds. The van der Waals surface area contributed by atoms with Crippen LogP contribution in [-0.2, 0) is 16.4 Å². The molecule has 0 fully saturated rings. The van der Waals surface area contributed by atoms with E-state index in [2.05, 4.69) is 4.72 Å². The lowest BCUT2D eigenvalue weighted by Gasteiger charge is -2.07. The first-order valence-electron chi connectivity index (χ1n) is 6.29. The largest absolute Gasteiger partial charge is 0.240 e. The SMILES string of the molecule is CSc1ccc(CCNS(=O)(=O)c2ccccc2)cc1. The van der Waals surface area contributed by atoms with Gasteiger partial charge in [-0.15, -0.1) is 11.8 Å². The van der Waals surface area contributed by atoms with Crippen LogP contribution in [0.25, 0.3) is 0 Å². The molecule has 2 aromatic carbocycles. The highest BCUT2D eigenvalue weighted by Gasteiger charge is 2.11. The molecule has 0 saturated heterocycles. The molecule has 0 saturated carbocycles. The first-order valence-corrected chi connectivity index (χ1v) is 9.00. The van der Waals surface area contributed by atoms with Gasteiger partial charge in [0, 0.05) is 11.4 Å². The van der Waals surface area contributed by atoms with Crippen molar-refractivity contribution < 1.29 is 8.42 Å². The van der Waals surface area contributed by atoms with E-state index in [-0.39, 0.29) is 0 Å². The molecule has 0 aromatic heterocycles. The molecule has 106 valence electrons. The number of hydrogen-bond donors (Lipinski definition) is 1. The molecule has 0 heterocycles. The Morgan fingerprint density at radius 2 is 1.65 bits per heavy atom. The van der Waals surface area contributed by atoms with Crippen LogP contribution < -0.4 is 4.72 Å². The number of thioether (sulfide) groups is 1. The Labute approximate surface area is 124 Å². The van der Waals surface area contributed by atoms with Gasteiger partial charge in [-0.05, 0) is 42.5 Å². The number of nitrogens with one attached hydrogen (secondary N) is 1. The van der Waals surface area contributed by atoms with Crippen molar-refractivity contribution in [1.82, 2.24) is 4.72 Å². The van der Waals surface area contributed by atoms with Gasteiger partial charge < -0.3 is 0 Å². The molecule has 0 aliphatic heterocycles. The van der Waals surface area contributed by atoms with E-state index in [4.69, 9.17) is 0 Å². The van der Waals surface area contributed by atoms with Crippen molar-refractivity contribution in [3.05, 3.63) is 60.2 Å². The third-order valence-electron chi connectivity index (χ3n) is 2.92. The molecular weight excluding hydrogens is 290 g/mol. The second-order valence-corrected chi connectivity index (χ2v) is 6.96. The second kappa shape index (κ2) is 6.92. The first kappa shape index (κ1) is 15.1. The van der Waals surface area contributed by atoms with Crippen LogP contribution in [0.1, 0.15) is 5.56 Å². The maximum Gasteiger partial charge on any atom is 0.240 e. The zero-order valence-electron chi connectivity index (χ0n) is 11.2. The highest BCUT2D eigenvalue weighted by atomic mass is 32.2. The maximum absolute atomic E-state index is 12.0. The van der Waals surface area contributed by atoms with Crippen LogP contribution in [0.5, 0.6) is 0 Å². The third-order valence-corrected chi connectivity index (χ3v) is 5.14. The normalized spacial score (nSPS) is 11.4. The average molecular weight is 307 g/mol. The molecule has 2 aromatic rings. The number of hydrogen-bond acceptors (Lipinski definition) is 3. The fourth-order valence-electron chi connectivity index (χ4n) is 1.80. The topological polar surface area (TPSA) is 46.2 Å². The van der Waals surface area contributed by atoms with Gasteiger partial charge in [-0.1, -0.05) is 30.3 Å². The van der Waals surface area contributed by atoms with Crippen molar-refractivity contribution in [3.8, 4) is 0 Å². The summed E-state index contributed by atoms with van der Waals surface area (Å²) in [6.07, 6.45) is 2.71. The van der Waals surface area contributed by atoms with Crippen LogP contribution in [0.2, 0.25) is 0 Å². The summed E-state index contributed by atoms with van der Waals surface area (Å²) in [6.45, 7) is 0.399. The summed E-state index contributed by atoms with van der Waals surface area (Å²) in [7, 11) is -3.40. The molecule has 0 aliphatic rings.